The van der Waals surface area contributed by atoms with E-state index in [-0.39, 0.29) is 5.82 Å². The van der Waals surface area contributed by atoms with E-state index < -0.39 is 0 Å². The van der Waals surface area contributed by atoms with Crippen LogP contribution in [0.5, 0.6) is 0 Å². The van der Waals surface area contributed by atoms with Crippen molar-refractivity contribution in [3.05, 3.63) is 35.1 Å². The topological polar surface area (TPSA) is 29.3 Å². The summed E-state index contributed by atoms with van der Waals surface area (Å²) < 4.78 is 13.3. The largest absolute Gasteiger partial charge is 0.326 e. The van der Waals surface area contributed by atoms with Gasteiger partial charge in [0.2, 0.25) is 0 Å². The zero-order valence-electron chi connectivity index (χ0n) is 8.05. The van der Waals surface area contributed by atoms with Crippen LogP contribution in [0.2, 0.25) is 0 Å². The molecule has 13 heavy (non-hydrogen) atoms. The molecule has 0 aliphatic carbocycles. The van der Waals surface area contributed by atoms with Gasteiger partial charge in [-0.05, 0) is 25.7 Å². The molecule has 0 heterocycles. The Morgan fingerprint density at radius 3 is 2.62 bits per heavy atom. The fraction of sp³-hybridized carbons (Fsp3) is 0.400. The van der Waals surface area contributed by atoms with E-state index in [0.717, 1.165) is 5.56 Å². The van der Waals surface area contributed by atoms with E-state index in [2.05, 4.69) is 0 Å². The van der Waals surface area contributed by atoms with Gasteiger partial charge in [0, 0.05) is 18.7 Å². The molecular formula is C10H15FN2. The first-order valence-corrected chi connectivity index (χ1v) is 4.26. The quantitative estimate of drug-likeness (QED) is 0.764. The lowest BCUT2D eigenvalue weighted by Crippen LogP contribution is -2.15. The van der Waals surface area contributed by atoms with Crippen molar-refractivity contribution in [3.8, 4) is 0 Å². The molecular weight excluding hydrogens is 167 g/mol. The van der Waals surface area contributed by atoms with Crippen molar-refractivity contribution in [1.29, 1.82) is 0 Å². The van der Waals surface area contributed by atoms with Gasteiger partial charge in [0.25, 0.3) is 0 Å². The molecule has 72 valence electrons. The maximum atomic E-state index is 13.3. The van der Waals surface area contributed by atoms with E-state index in [4.69, 9.17) is 5.73 Å². The second kappa shape index (κ2) is 4.35. The SMILES string of the molecule is CN(C)Cc1c(F)cccc1CN. The number of benzene rings is 1. The smallest absolute Gasteiger partial charge is 0.128 e. The molecule has 0 spiro atoms. The first kappa shape index (κ1) is 10.2. The molecule has 1 aromatic carbocycles. The maximum Gasteiger partial charge on any atom is 0.128 e. The molecule has 0 amide bonds. The summed E-state index contributed by atoms with van der Waals surface area (Å²) in [6.45, 7) is 0.986. The standard InChI is InChI=1S/C10H15FN2/c1-13(2)7-9-8(6-12)4-3-5-10(9)11/h3-5H,6-7,12H2,1-2H3. The Morgan fingerprint density at radius 2 is 2.08 bits per heavy atom. The summed E-state index contributed by atoms with van der Waals surface area (Å²) in [7, 11) is 3.82. The van der Waals surface area contributed by atoms with Gasteiger partial charge in [0.15, 0.2) is 0 Å². The highest BCUT2D eigenvalue weighted by molar-refractivity contribution is 5.28. The van der Waals surface area contributed by atoms with E-state index in [0.29, 0.717) is 18.7 Å². The zero-order valence-corrected chi connectivity index (χ0v) is 8.05. The van der Waals surface area contributed by atoms with Gasteiger partial charge in [-0.1, -0.05) is 12.1 Å². The monoisotopic (exact) mass is 182 g/mol. The Hall–Kier alpha value is -0.930. The van der Waals surface area contributed by atoms with Crippen molar-refractivity contribution < 1.29 is 4.39 Å². The molecule has 0 bridgehead atoms. The highest BCUT2D eigenvalue weighted by Gasteiger charge is 2.07. The number of hydrogen-bond donors (Lipinski definition) is 1. The molecule has 0 aliphatic rings. The molecule has 1 rings (SSSR count). The normalized spacial score (nSPS) is 10.8. The van der Waals surface area contributed by atoms with Crippen LogP contribution in [-0.2, 0) is 13.1 Å². The van der Waals surface area contributed by atoms with Crippen LogP contribution >= 0.6 is 0 Å². The summed E-state index contributed by atoms with van der Waals surface area (Å²) >= 11 is 0. The number of hydrogen-bond acceptors (Lipinski definition) is 2. The lowest BCUT2D eigenvalue weighted by molar-refractivity contribution is 0.390. The molecule has 0 radical (unpaired) electrons. The van der Waals surface area contributed by atoms with Crippen LogP contribution < -0.4 is 5.73 Å². The predicted molar refractivity (Wildman–Crippen MR) is 51.7 cm³/mol. The Balaban J connectivity index is 3.00. The average Bonchev–Trinajstić information content (AvgIpc) is 2.08. The Kier molecular flexibility index (Phi) is 3.39. The number of nitrogens with two attached hydrogens (primary N) is 1. The van der Waals surface area contributed by atoms with Crippen molar-refractivity contribution in [2.24, 2.45) is 5.73 Å². The van der Waals surface area contributed by atoms with Crippen LogP contribution in [0.3, 0.4) is 0 Å². The third-order valence-corrected chi connectivity index (χ3v) is 1.91. The van der Waals surface area contributed by atoms with Crippen molar-refractivity contribution in [1.82, 2.24) is 4.90 Å². The maximum absolute atomic E-state index is 13.3. The highest BCUT2D eigenvalue weighted by atomic mass is 19.1. The van der Waals surface area contributed by atoms with Crippen LogP contribution in [0, 0.1) is 5.82 Å². The van der Waals surface area contributed by atoms with Gasteiger partial charge in [-0.3, -0.25) is 0 Å². The van der Waals surface area contributed by atoms with Gasteiger partial charge >= 0.3 is 0 Å². The number of halogens is 1. The lowest BCUT2D eigenvalue weighted by atomic mass is 10.1. The van der Waals surface area contributed by atoms with Gasteiger partial charge in [0.1, 0.15) is 5.82 Å². The summed E-state index contributed by atoms with van der Waals surface area (Å²) in [5.74, 6) is -0.170. The minimum absolute atomic E-state index is 0.170. The number of rotatable bonds is 3. The predicted octanol–water partition coefficient (Wildman–Crippen LogP) is 1.35. The van der Waals surface area contributed by atoms with Gasteiger partial charge in [-0.25, -0.2) is 4.39 Å². The van der Waals surface area contributed by atoms with Gasteiger partial charge in [-0.15, -0.1) is 0 Å². The second-order valence-corrected chi connectivity index (χ2v) is 3.32. The second-order valence-electron chi connectivity index (χ2n) is 3.32. The molecule has 0 aliphatic heterocycles. The van der Waals surface area contributed by atoms with Crippen molar-refractivity contribution in [2.45, 2.75) is 13.1 Å². The Labute approximate surface area is 78.2 Å². The lowest BCUT2D eigenvalue weighted by Gasteiger charge is -2.13. The van der Waals surface area contributed by atoms with Gasteiger partial charge < -0.3 is 10.6 Å². The van der Waals surface area contributed by atoms with E-state index >= 15 is 0 Å². The van der Waals surface area contributed by atoms with Crippen LogP contribution in [0.25, 0.3) is 0 Å². The van der Waals surface area contributed by atoms with Crippen LogP contribution in [-0.4, -0.2) is 19.0 Å². The highest BCUT2D eigenvalue weighted by Crippen LogP contribution is 2.14. The minimum atomic E-state index is -0.170. The third kappa shape index (κ3) is 2.50. The fourth-order valence-electron chi connectivity index (χ4n) is 1.29. The number of nitrogens with zero attached hydrogens (tertiary/aromatic N) is 1. The molecule has 2 nitrogen and oxygen atoms in total. The fourth-order valence-corrected chi connectivity index (χ4v) is 1.29. The summed E-state index contributed by atoms with van der Waals surface area (Å²) in [5, 5.41) is 0. The first-order valence-electron chi connectivity index (χ1n) is 4.26. The molecule has 0 fully saturated rings. The summed E-state index contributed by atoms with van der Waals surface area (Å²) in [6.07, 6.45) is 0. The molecule has 0 atom stereocenters. The Morgan fingerprint density at radius 1 is 1.38 bits per heavy atom. The molecule has 0 unspecified atom stereocenters. The van der Waals surface area contributed by atoms with Crippen molar-refractivity contribution in [2.75, 3.05) is 14.1 Å². The van der Waals surface area contributed by atoms with E-state index in [1.807, 2.05) is 25.1 Å². The van der Waals surface area contributed by atoms with Gasteiger partial charge in [-0.2, -0.15) is 0 Å². The molecule has 0 saturated carbocycles. The Bertz CT molecular complexity index is 284. The molecule has 3 heteroatoms. The summed E-state index contributed by atoms with van der Waals surface area (Å²) in [5.41, 5.74) is 7.10. The summed E-state index contributed by atoms with van der Waals surface area (Å²) in [4.78, 5) is 1.93. The molecule has 0 saturated heterocycles. The van der Waals surface area contributed by atoms with Crippen molar-refractivity contribution >= 4 is 0 Å². The van der Waals surface area contributed by atoms with E-state index in [1.54, 1.807) is 6.07 Å². The third-order valence-electron chi connectivity index (χ3n) is 1.91. The van der Waals surface area contributed by atoms with E-state index in [1.165, 1.54) is 6.07 Å². The first-order chi connectivity index (χ1) is 6.15. The van der Waals surface area contributed by atoms with Crippen LogP contribution in [0.15, 0.2) is 18.2 Å². The molecule has 0 aromatic heterocycles. The van der Waals surface area contributed by atoms with E-state index in [9.17, 15) is 4.39 Å². The van der Waals surface area contributed by atoms with Crippen LogP contribution in [0.1, 0.15) is 11.1 Å². The average molecular weight is 182 g/mol. The van der Waals surface area contributed by atoms with Crippen molar-refractivity contribution in [3.63, 3.8) is 0 Å². The zero-order chi connectivity index (χ0) is 9.84. The van der Waals surface area contributed by atoms with Gasteiger partial charge in [0.05, 0.1) is 0 Å². The molecule has 2 N–H and O–H groups in total. The molecule has 1 aromatic rings. The van der Waals surface area contributed by atoms with Crippen LogP contribution in [0.4, 0.5) is 4.39 Å². The minimum Gasteiger partial charge on any atom is -0.326 e. The summed E-state index contributed by atoms with van der Waals surface area (Å²) in [6, 6.07) is 5.02.